The summed E-state index contributed by atoms with van der Waals surface area (Å²) in [6.45, 7) is 4.74. The molecule has 4 aromatic carbocycles. The number of carbonyl (C=O) groups excluding carboxylic acids is 1. The minimum atomic E-state index is -4.16. The Morgan fingerprint density at radius 2 is 1.26 bits per heavy atom. The molecule has 196 valence electrons. The summed E-state index contributed by atoms with van der Waals surface area (Å²) in [7, 11) is -8.19. The number of sulfone groups is 1. The molecule has 0 unspecified atom stereocenters. The number of rotatable bonds is 7. The van der Waals surface area contributed by atoms with Gasteiger partial charge in [0, 0.05) is 22.0 Å². The molecule has 0 spiro atoms. The van der Waals surface area contributed by atoms with Crippen molar-refractivity contribution in [3.8, 4) is 0 Å². The molecule has 38 heavy (non-hydrogen) atoms. The van der Waals surface area contributed by atoms with Crippen LogP contribution in [0.25, 0.3) is 0 Å². The van der Waals surface area contributed by atoms with Crippen LogP contribution in [0.2, 0.25) is 5.02 Å². The zero-order chi connectivity index (χ0) is 27.7. The third kappa shape index (κ3) is 5.60. The van der Waals surface area contributed by atoms with Crippen LogP contribution in [0.15, 0.2) is 99.6 Å². The Bertz CT molecular complexity index is 1720. The molecule has 0 aliphatic heterocycles. The van der Waals surface area contributed by atoms with E-state index in [2.05, 4.69) is 10.0 Å². The van der Waals surface area contributed by atoms with Gasteiger partial charge in [0.25, 0.3) is 15.9 Å². The maximum Gasteiger partial charge on any atom is 0.262 e. The summed E-state index contributed by atoms with van der Waals surface area (Å²) in [5.41, 5.74) is 2.20. The Morgan fingerprint density at radius 3 is 1.87 bits per heavy atom. The summed E-state index contributed by atoms with van der Waals surface area (Å²) in [5, 5.41) is 3.14. The molecule has 10 heteroatoms. The van der Waals surface area contributed by atoms with Gasteiger partial charge in [0.2, 0.25) is 9.84 Å². The van der Waals surface area contributed by atoms with Crippen LogP contribution in [-0.4, -0.2) is 22.7 Å². The molecule has 7 nitrogen and oxygen atoms in total. The summed E-state index contributed by atoms with van der Waals surface area (Å²) in [6, 6.07) is 22.1. The van der Waals surface area contributed by atoms with E-state index in [0.29, 0.717) is 27.4 Å². The quantitative estimate of drug-likeness (QED) is 0.278. The molecule has 0 saturated heterocycles. The highest BCUT2D eigenvalue weighted by Gasteiger charge is 2.29. The lowest BCUT2D eigenvalue weighted by atomic mass is 10.1. The molecule has 4 rings (SSSR count). The maximum atomic E-state index is 13.5. The van der Waals surface area contributed by atoms with Crippen LogP contribution in [0.3, 0.4) is 0 Å². The molecule has 0 saturated carbocycles. The van der Waals surface area contributed by atoms with Crippen molar-refractivity contribution in [2.75, 3.05) is 10.0 Å². The monoisotopic (exact) mass is 568 g/mol. The van der Waals surface area contributed by atoms with Gasteiger partial charge in [0.15, 0.2) is 0 Å². The minimum absolute atomic E-state index is 0.0152. The van der Waals surface area contributed by atoms with Crippen molar-refractivity contribution in [2.24, 2.45) is 0 Å². The van der Waals surface area contributed by atoms with Crippen LogP contribution in [-0.2, 0) is 19.9 Å². The normalized spacial score (nSPS) is 11.7. The summed E-state index contributed by atoms with van der Waals surface area (Å²) < 4.78 is 56.4. The predicted molar refractivity (Wildman–Crippen MR) is 149 cm³/mol. The van der Waals surface area contributed by atoms with Crippen molar-refractivity contribution in [1.29, 1.82) is 0 Å². The fourth-order valence-electron chi connectivity index (χ4n) is 4.33. The molecule has 0 heterocycles. The summed E-state index contributed by atoms with van der Waals surface area (Å²) in [5.74, 6) is -0.292. The Hall–Kier alpha value is -3.66. The van der Waals surface area contributed by atoms with E-state index in [-0.39, 0.29) is 31.8 Å². The number of aryl methyl sites for hydroxylation is 2. The number of hydrogen-bond acceptors (Lipinski definition) is 5. The van der Waals surface area contributed by atoms with Gasteiger partial charge < -0.3 is 5.32 Å². The second-order valence-electron chi connectivity index (χ2n) is 8.75. The summed E-state index contributed by atoms with van der Waals surface area (Å²) in [4.78, 5) is 12.2. The Kier molecular flexibility index (Phi) is 7.64. The van der Waals surface area contributed by atoms with E-state index in [4.69, 9.17) is 11.6 Å². The van der Waals surface area contributed by atoms with Crippen molar-refractivity contribution in [1.82, 2.24) is 0 Å². The molecule has 4 aromatic rings. The van der Waals surface area contributed by atoms with Crippen molar-refractivity contribution < 1.29 is 21.6 Å². The van der Waals surface area contributed by atoms with Crippen molar-refractivity contribution in [2.45, 2.75) is 35.5 Å². The van der Waals surface area contributed by atoms with Gasteiger partial charge in [-0.1, -0.05) is 35.9 Å². The van der Waals surface area contributed by atoms with Crippen LogP contribution in [0.4, 0.5) is 11.4 Å². The lowest BCUT2D eigenvalue weighted by Gasteiger charge is -2.19. The molecule has 0 fully saturated rings. The number of nitrogens with one attached hydrogen (secondary N) is 2. The molecular formula is C28H25ClN2O5S2. The standard InChI is InChI=1S/C28H25ClN2O5S2/c1-18-17-19(2)27(20(3)26(18)37(33,34)25-15-9-22(29)10-16-25)38(35,36)31-24-13-11-23(12-14-24)30-28(32)21-7-5-4-6-8-21/h4-17,31H,1-3H3,(H,30,32). The lowest BCUT2D eigenvalue weighted by Crippen LogP contribution is -2.18. The number of sulfonamides is 1. The molecule has 1 amide bonds. The second kappa shape index (κ2) is 10.6. The number of amides is 1. The number of anilines is 2. The van der Waals surface area contributed by atoms with Gasteiger partial charge in [-0.05, 0) is 98.1 Å². The summed E-state index contributed by atoms with van der Waals surface area (Å²) in [6.07, 6.45) is 0. The Morgan fingerprint density at radius 1 is 0.711 bits per heavy atom. The van der Waals surface area contributed by atoms with Crippen molar-refractivity contribution >= 4 is 48.7 Å². The molecule has 0 radical (unpaired) electrons. The van der Waals surface area contributed by atoms with E-state index < -0.39 is 19.9 Å². The smallest absolute Gasteiger partial charge is 0.262 e. The second-order valence-corrected chi connectivity index (χ2v) is 12.7. The minimum Gasteiger partial charge on any atom is -0.322 e. The lowest BCUT2D eigenvalue weighted by molar-refractivity contribution is 0.102. The largest absolute Gasteiger partial charge is 0.322 e. The molecular weight excluding hydrogens is 544 g/mol. The molecule has 0 bridgehead atoms. The first kappa shape index (κ1) is 27.4. The molecule has 2 N–H and O–H groups in total. The average molecular weight is 569 g/mol. The first-order chi connectivity index (χ1) is 17.9. The van der Waals surface area contributed by atoms with Crippen LogP contribution < -0.4 is 10.0 Å². The van der Waals surface area contributed by atoms with Crippen LogP contribution in [0, 0.1) is 20.8 Å². The Labute approximate surface area is 227 Å². The van der Waals surface area contributed by atoms with Crippen molar-refractivity contribution in [3.05, 3.63) is 112 Å². The van der Waals surface area contributed by atoms with E-state index in [9.17, 15) is 21.6 Å². The van der Waals surface area contributed by atoms with Gasteiger partial charge in [0.05, 0.1) is 14.7 Å². The zero-order valence-electron chi connectivity index (χ0n) is 20.8. The van der Waals surface area contributed by atoms with Crippen molar-refractivity contribution in [3.63, 3.8) is 0 Å². The SMILES string of the molecule is Cc1cc(C)c(S(=O)(=O)c2ccc(Cl)cc2)c(C)c1S(=O)(=O)Nc1ccc(NC(=O)c2ccccc2)cc1. The number of benzene rings is 4. The number of halogens is 1. The van der Waals surface area contributed by atoms with E-state index in [1.165, 1.54) is 43.3 Å². The fraction of sp³-hybridized carbons (Fsp3) is 0.107. The number of hydrogen-bond donors (Lipinski definition) is 2. The molecule has 0 aliphatic carbocycles. The molecule has 0 aromatic heterocycles. The highest BCUT2D eigenvalue weighted by molar-refractivity contribution is 7.93. The van der Waals surface area contributed by atoms with E-state index >= 15 is 0 Å². The zero-order valence-corrected chi connectivity index (χ0v) is 23.2. The first-order valence-electron chi connectivity index (χ1n) is 11.5. The Balaban J connectivity index is 1.64. The molecule has 0 aliphatic rings. The van der Waals surface area contributed by atoms with E-state index in [0.717, 1.165) is 0 Å². The van der Waals surface area contributed by atoms with E-state index in [1.54, 1.807) is 56.3 Å². The maximum absolute atomic E-state index is 13.5. The third-order valence-corrected chi connectivity index (χ3v) is 9.90. The highest BCUT2D eigenvalue weighted by atomic mass is 35.5. The molecule has 0 atom stereocenters. The van der Waals surface area contributed by atoms with Gasteiger partial charge in [-0.15, -0.1) is 0 Å². The van der Waals surface area contributed by atoms with Gasteiger partial charge in [-0.25, -0.2) is 16.8 Å². The van der Waals surface area contributed by atoms with Crippen LogP contribution >= 0.6 is 11.6 Å². The first-order valence-corrected chi connectivity index (χ1v) is 14.9. The van der Waals surface area contributed by atoms with Gasteiger partial charge in [-0.3, -0.25) is 9.52 Å². The summed E-state index contributed by atoms with van der Waals surface area (Å²) >= 11 is 5.91. The van der Waals surface area contributed by atoms with E-state index in [1.807, 2.05) is 6.07 Å². The highest BCUT2D eigenvalue weighted by Crippen LogP contribution is 2.34. The topological polar surface area (TPSA) is 109 Å². The van der Waals surface area contributed by atoms with Gasteiger partial charge in [0.1, 0.15) is 0 Å². The third-order valence-electron chi connectivity index (χ3n) is 5.92. The van der Waals surface area contributed by atoms with Gasteiger partial charge >= 0.3 is 0 Å². The predicted octanol–water partition coefficient (Wildman–Crippen LogP) is 6.15. The van der Waals surface area contributed by atoms with Gasteiger partial charge in [-0.2, -0.15) is 0 Å². The number of carbonyl (C=O) groups is 1. The van der Waals surface area contributed by atoms with Crippen LogP contribution in [0.1, 0.15) is 27.0 Å². The fourth-order valence-corrected chi connectivity index (χ4v) is 7.77. The average Bonchev–Trinajstić information content (AvgIpc) is 2.85. The van der Waals surface area contributed by atoms with Crippen LogP contribution in [0.5, 0.6) is 0 Å².